The second-order valence-electron chi connectivity index (χ2n) is 10.4. The summed E-state index contributed by atoms with van der Waals surface area (Å²) in [5.74, 6) is 0. The first-order valence-electron chi connectivity index (χ1n) is 13.4. The molecule has 0 bridgehead atoms. The summed E-state index contributed by atoms with van der Waals surface area (Å²) >= 11 is 0. The molecule has 0 unspecified atom stereocenters. The molecular formula is C37H21NO2. The van der Waals surface area contributed by atoms with Gasteiger partial charge in [-0.1, -0.05) is 60.7 Å². The van der Waals surface area contributed by atoms with Gasteiger partial charge in [-0.15, -0.1) is 0 Å². The maximum absolute atomic E-state index is 6.30. The van der Waals surface area contributed by atoms with Gasteiger partial charge in [0.25, 0.3) is 0 Å². The minimum Gasteiger partial charge on any atom is -0.456 e. The summed E-state index contributed by atoms with van der Waals surface area (Å²) in [5, 5.41) is 9.27. The molecule has 3 heterocycles. The molecule has 186 valence electrons. The van der Waals surface area contributed by atoms with Gasteiger partial charge >= 0.3 is 0 Å². The summed E-state index contributed by atoms with van der Waals surface area (Å²) in [6.07, 6.45) is 3.73. The summed E-state index contributed by atoms with van der Waals surface area (Å²) in [6, 6.07) is 40.7. The van der Waals surface area contributed by atoms with Crippen molar-refractivity contribution in [1.82, 2.24) is 4.98 Å². The number of nitrogens with zero attached hydrogens (tertiary/aromatic N) is 1. The first kappa shape index (κ1) is 21.5. The molecule has 0 saturated heterocycles. The first-order chi connectivity index (χ1) is 19.8. The molecule has 9 aromatic rings. The van der Waals surface area contributed by atoms with Gasteiger partial charge in [-0.2, -0.15) is 0 Å². The Balaban J connectivity index is 1.39. The minimum atomic E-state index is 0.903. The zero-order valence-corrected chi connectivity index (χ0v) is 21.4. The van der Waals surface area contributed by atoms with Gasteiger partial charge in [0, 0.05) is 39.5 Å². The predicted octanol–water partition coefficient (Wildman–Crippen LogP) is 10.5. The smallest absolute Gasteiger partial charge is 0.136 e. The summed E-state index contributed by atoms with van der Waals surface area (Å²) in [4.78, 5) is 4.36. The van der Waals surface area contributed by atoms with Crippen LogP contribution in [-0.2, 0) is 0 Å². The monoisotopic (exact) mass is 511 g/mol. The number of pyridine rings is 1. The standard InChI is InChI=1S/C37H21NO2/c1-3-9-34-27(7-1)32-17-23(12-14-36(32)39-34)29-18-25-19-33-28-8-2-4-10-35(28)40-37(33)20-30(25)31-16-22(11-13-26(29)31)24-6-5-15-38-21-24/h1-21H. The fourth-order valence-electron chi connectivity index (χ4n) is 6.22. The lowest BCUT2D eigenvalue weighted by Gasteiger charge is -2.13. The van der Waals surface area contributed by atoms with Gasteiger partial charge in [-0.05, 0) is 92.8 Å². The van der Waals surface area contributed by atoms with Crippen LogP contribution in [0, 0.1) is 0 Å². The van der Waals surface area contributed by atoms with Gasteiger partial charge in [0.05, 0.1) is 0 Å². The third kappa shape index (κ3) is 3.09. The molecule has 0 atom stereocenters. The van der Waals surface area contributed by atoms with E-state index < -0.39 is 0 Å². The van der Waals surface area contributed by atoms with E-state index in [1.165, 1.54) is 27.1 Å². The van der Waals surface area contributed by atoms with E-state index in [2.05, 4.69) is 89.9 Å². The molecule has 3 heteroatoms. The van der Waals surface area contributed by atoms with E-state index in [0.717, 1.165) is 60.6 Å². The second kappa shape index (κ2) is 8.05. The largest absolute Gasteiger partial charge is 0.456 e. The van der Waals surface area contributed by atoms with Crippen molar-refractivity contribution < 1.29 is 8.83 Å². The van der Waals surface area contributed by atoms with Gasteiger partial charge in [0.1, 0.15) is 22.3 Å². The molecule has 0 spiro atoms. The molecule has 0 aliphatic heterocycles. The fraction of sp³-hybridized carbons (Fsp3) is 0. The van der Waals surface area contributed by atoms with Crippen molar-refractivity contribution in [2.45, 2.75) is 0 Å². The van der Waals surface area contributed by atoms with E-state index in [-0.39, 0.29) is 0 Å². The Morgan fingerprint density at radius 3 is 1.90 bits per heavy atom. The van der Waals surface area contributed by atoms with Gasteiger partial charge in [-0.25, -0.2) is 0 Å². The maximum atomic E-state index is 6.30. The Labute approximate surface area is 228 Å². The van der Waals surface area contributed by atoms with E-state index in [1.54, 1.807) is 0 Å². The third-order valence-electron chi connectivity index (χ3n) is 8.13. The van der Waals surface area contributed by atoms with Crippen LogP contribution in [0.2, 0.25) is 0 Å². The summed E-state index contributed by atoms with van der Waals surface area (Å²) in [6.45, 7) is 0. The molecule has 9 rings (SSSR count). The topological polar surface area (TPSA) is 39.2 Å². The van der Waals surface area contributed by atoms with Crippen molar-refractivity contribution >= 4 is 65.4 Å². The lowest BCUT2D eigenvalue weighted by molar-refractivity contribution is 0.669. The van der Waals surface area contributed by atoms with Crippen molar-refractivity contribution in [3.05, 3.63) is 128 Å². The minimum absolute atomic E-state index is 0.903. The molecule has 40 heavy (non-hydrogen) atoms. The van der Waals surface area contributed by atoms with E-state index in [0.29, 0.717) is 0 Å². The Morgan fingerprint density at radius 1 is 0.400 bits per heavy atom. The molecule has 0 radical (unpaired) electrons. The number of benzene rings is 6. The Kier molecular flexibility index (Phi) is 4.33. The summed E-state index contributed by atoms with van der Waals surface area (Å²) in [7, 11) is 0. The van der Waals surface area contributed by atoms with Crippen LogP contribution in [0.15, 0.2) is 136 Å². The van der Waals surface area contributed by atoms with Crippen LogP contribution < -0.4 is 0 Å². The van der Waals surface area contributed by atoms with Crippen molar-refractivity contribution in [1.29, 1.82) is 0 Å². The molecule has 0 aliphatic rings. The molecule has 0 N–H and O–H groups in total. The van der Waals surface area contributed by atoms with Crippen LogP contribution in [-0.4, -0.2) is 4.98 Å². The average molecular weight is 512 g/mol. The molecule has 0 fully saturated rings. The normalized spacial score (nSPS) is 12.0. The number of aromatic nitrogens is 1. The van der Waals surface area contributed by atoms with Crippen LogP contribution in [0.3, 0.4) is 0 Å². The van der Waals surface area contributed by atoms with Crippen LogP contribution in [0.5, 0.6) is 0 Å². The zero-order valence-electron chi connectivity index (χ0n) is 21.4. The predicted molar refractivity (Wildman–Crippen MR) is 165 cm³/mol. The number of furan rings is 2. The molecular weight excluding hydrogens is 490 g/mol. The third-order valence-corrected chi connectivity index (χ3v) is 8.13. The number of para-hydroxylation sites is 2. The highest BCUT2D eigenvalue weighted by Crippen LogP contribution is 2.41. The van der Waals surface area contributed by atoms with E-state index in [1.807, 2.05) is 42.7 Å². The summed E-state index contributed by atoms with van der Waals surface area (Å²) < 4.78 is 12.4. The lowest BCUT2D eigenvalue weighted by atomic mass is 9.90. The van der Waals surface area contributed by atoms with Crippen LogP contribution in [0.4, 0.5) is 0 Å². The number of hydrogen-bond donors (Lipinski definition) is 0. The highest BCUT2D eigenvalue weighted by Gasteiger charge is 2.15. The highest BCUT2D eigenvalue weighted by molar-refractivity contribution is 6.20. The van der Waals surface area contributed by atoms with Crippen LogP contribution in [0.25, 0.3) is 87.7 Å². The average Bonchev–Trinajstić information content (AvgIpc) is 3.57. The Bertz CT molecular complexity index is 2430. The van der Waals surface area contributed by atoms with Gasteiger partial charge < -0.3 is 8.83 Å². The van der Waals surface area contributed by atoms with Gasteiger partial charge in [0.15, 0.2) is 0 Å². The van der Waals surface area contributed by atoms with Gasteiger partial charge in [0.2, 0.25) is 0 Å². The van der Waals surface area contributed by atoms with Crippen molar-refractivity contribution in [2.75, 3.05) is 0 Å². The number of rotatable bonds is 2. The van der Waals surface area contributed by atoms with Crippen molar-refractivity contribution in [2.24, 2.45) is 0 Å². The lowest BCUT2D eigenvalue weighted by Crippen LogP contribution is -1.87. The number of fused-ring (bicyclic) bond motifs is 9. The molecule has 6 aromatic carbocycles. The Hall–Kier alpha value is -5.41. The highest BCUT2D eigenvalue weighted by atomic mass is 16.3. The second-order valence-corrected chi connectivity index (χ2v) is 10.4. The van der Waals surface area contributed by atoms with Crippen molar-refractivity contribution in [3.63, 3.8) is 0 Å². The van der Waals surface area contributed by atoms with Crippen LogP contribution >= 0.6 is 0 Å². The van der Waals surface area contributed by atoms with Gasteiger partial charge in [-0.3, -0.25) is 4.98 Å². The van der Waals surface area contributed by atoms with Crippen LogP contribution in [0.1, 0.15) is 0 Å². The van der Waals surface area contributed by atoms with E-state index >= 15 is 0 Å². The molecule has 0 aliphatic carbocycles. The van der Waals surface area contributed by atoms with E-state index in [9.17, 15) is 0 Å². The quantitative estimate of drug-likeness (QED) is 0.217. The SMILES string of the molecule is c1cncc(-c2ccc3c(-c4ccc5oc6ccccc6c5c4)cc4cc5c(cc4c3c2)oc2ccccc25)c1. The Morgan fingerprint density at radius 2 is 1.10 bits per heavy atom. The molecule has 0 saturated carbocycles. The number of hydrogen-bond acceptors (Lipinski definition) is 3. The maximum Gasteiger partial charge on any atom is 0.136 e. The summed E-state index contributed by atoms with van der Waals surface area (Å²) in [5.41, 5.74) is 8.22. The molecule has 0 amide bonds. The molecule has 3 aromatic heterocycles. The van der Waals surface area contributed by atoms with Crippen molar-refractivity contribution in [3.8, 4) is 22.3 Å². The molecule has 3 nitrogen and oxygen atoms in total. The fourth-order valence-corrected chi connectivity index (χ4v) is 6.22. The first-order valence-corrected chi connectivity index (χ1v) is 13.4. The zero-order chi connectivity index (χ0) is 26.2. The van der Waals surface area contributed by atoms with E-state index in [4.69, 9.17) is 8.83 Å².